The van der Waals surface area contributed by atoms with E-state index in [-0.39, 0.29) is 12.0 Å². The monoisotopic (exact) mass is 354 g/mol. The van der Waals surface area contributed by atoms with Gasteiger partial charge in [-0.3, -0.25) is 0 Å². The fraction of sp³-hybridized carbons (Fsp3) is 0.333. The lowest BCUT2D eigenvalue weighted by atomic mass is 9.99. The molecule has 2 aromatic rings. The van der Waals surface area contributed by atoms with Gasteiger partial charge >= 0.3 is 11.9 Å². The van der Waals surface area contributed by atoms with Crippen molar-refractivity contribution >= 4 is 11.9 Å². The lowest BCUT2D eigenvalue weighted by Gasteiger charge is -2.21. The Balaban J connectivity index is 1.74. The molecule has 0 radical (unpaired) electrons. The Labute approximate surface area is 152 Å². The summed E-state index contributed by atoms with van der Waals surface area (Å²) in [6.07, 6.45) is -0.979. The normalized spacial score (nSPS) is 24.8. The van der Waals surface area contributed by atoms with Crippen LogP contribution in [0.4, 0.5) is 0 Å². The number of hydrogen-bond donors (Lipinski definition) is 0. The van der Waals surface area contributed by atoms with Crippen molar-refractivity contribution in [3.05, 3.63) is 71.8 Å². The van der Waals surface area contributed by atoms with Crippen molar-refractivity contribution < 1.29 is 23.8 Å². The van der Waals surface area contributed by atoms with E-state index in [9.17, 15) is 9.59 Å². The van der Waals surface area contributed by atoms with E-state index in [0.717, 1.165) is 6.42 Å². The molecule has 5 heteroatoms. The van der Waals surface area contributed by atoms with Crippen LogP contribution >= 0.6 is 0 Å². The summed E-state index contributed by atoms with van der Waals surface area (Å²) in [5.41, 5.74) is 0.879. The Morgan fingerprint density at radius 3 is 1.88 bits per heavy atom. The highest BCUT2D eigenvalue weighted by molar-refractivity contribution is 5.90. The molecule has 1 aliphatic heterocycles. The van der Waals surface area contributed by atoms with Crippen molar-refractivity contribution in [3.63, 3.8) is 0 Å². The molecule has 0 saturated carbocycles. The second kappa shape index (κ2) is 8.15. The van der Waals surface area contributed by atoms with E-state index in [0.29, 0.717) is 11.1 Å². The van der Waals surface area contributed by atoms with Gasteiger partial charge in [0.2, 0.25) is 6.29 Å². The molecule has 0 bridgehead atoms. The predicted molar refractivity (Wildman–Crippen MR) is 95.6 cm³/mol. The fourth-order valence-electron chi connectivity index (χ4n) is 3.07. The summed E-state index contributed by atoms with van der Waals surface area (Å²) in [5, 5.41) is 0. The Kier molecular flexibility index (Phi) is 5.68. The standard InChI is InChI=1S/C21H22O5/c1-3-17-14(2)18(25-19(22)15-10-6-4-7-11-15)21(24-17)26-20(23)16-12-8-5-9-13-16/h4-14,17-18,21H,3H2,1-2H3/t14-,17?,18+,21?/m0/s1. The van der Waals surface area contributed by atoms with Crippen LogP contribution < -0.4 is 0 Å². The average Bonchev–Trinajstić information content (AvgIpc) is 2.98. The molecule has 26 heavy (non-hydrogen) atoms. The van der Waals surface area contributed by atoms with Gasteiger partial charge in [0, 0.05) is 5.92 Å². The summed E-state index contributed by atoms with van der Waals surface area (Å²) in [7, 11) is 0. The third kappa shape index (κ3) is 3.94. The van der Waals surface area contributed by atoms with Crippen LogP contribution in [0.15, 0.2) is 60.7 Å². The first-order valence-corrected chi connectivity index (χ1v) is 8.77. The second-order valence-electron chi connectivity index (χ2n) is 6.32. The SMILES string of the molecule is CCC1OC(OC(=O)c2ccccc2)[C@H](OC(=O)c2ccccc2)[C@H]1C. The van der Waals surface area contributed by atoms with Crippen molar-refractivity contribution in [1.82, 2.24) is 0 Å². The first-order valence-electron chi connectivity index (χ1n) is 8.77. The highest BCUT2D eigenvalue weighted by Gasteiger charge is 2.46. The molecule has 3 rings (SSSR count). The largest absolute Gasteiger partial charge is 0.452 e. The van der Waals surface area contributed by atoms with E-state index in [1.165, 1.54) is 0 Å². The number of benzene rings is 2. The fourth-order valence-corrected chi connectivity index (χ4v) is 3.07. The van der Waals surface area contributed by atoms with Gasteiger partial charge in [-0.15, -0.1) is 0 Å². The molecule has 2 unspecified atom stereocenters. The Morgan fingerprint density at radius 2 is 1.38 bits per heavy atom. The third-order valence-corrected chi connectivity index (χ3v) is 4.57. The summed E-state index contributed by atoms with van der Waals surface area (Å²) < 4.78 is 17.0. The maximum absolute atomic E-state index is 12.4. The van der Waals surface area contributed by atoms with E-state index in [2.05, 4.69) is 0 Å². The van der Waals surface area contributed by atoms with Gasteiger partial charge in [0.05, 0.1) is 17.2 Å². The molecule has 4 atom stereocenters. The molecule has 1 saturated heterocycles. The van der Waals surface area contributed by atoms with Crippen LogP contribution in [0.3, 0.4) is 0 Å². The molecule has 0 N–H and O–H groups in total. The first kappa shape index (κ1) is 18.1. The highest BCUT2D eigenvalue weighted by atomic mass is 16.7. The van der Waals surface area contributed by atoms with Crippen molar-refractivity contribution in [3.8, 4) is 0 Å². The van der Waals surface area contributed by atoms with E-state index < -0.39 is 24.3 Å². The third-order valence-electron chi connectivity index (χ3n) is 4.57. The smallest absolute Gasteiger partial charge is 0.340 e. The van der Waals surface area contributed by atoms with Gasteiger partial charge in [-0.1, -0.05) is 50.2 Å². The van der Waals surface area contributed by atoms with Gasteiger partial charge in [-0.25, -0.2) is 9.59 Å². The number of carbonyl (C=O) groups excluding carboxylic acids is 2. The van der Waals surface area contributed by atoms with E-state index in [1.54, 1.807) is 48.5 Å². The van der Waals surface area contributed by atoms with Gasteiger partial charge in [0.15, 0.2) is 6.10 Å². The number of carbonyl (C=O) groups is 2. The van der Waals surface area contributed by atoms with Crippen molar-refractivity contribution in [2.75, 3.05) is 0 Å². The topological polar surface area (TPSA) is 61.8 Å². The first-order chi connectivity index (χ1) is 12.6. The molecule has 0 spiro atoms. The van der Waals surface area contributed by atoms with E-state index in [1.807, 2.05) is 26.0 Å². The summed E-state index contributed by atoms with van der Waals surface area (Å²) in [6, 6.07) is 17.4. The van der Waals surface area contributed by atoms with E-state index >= 15 is 0 Å². The molecular weight excluding hydrogens is 332 g/mol. The molecule has 1 heterocycles. The quantitative estimate of drug-likeness (QED) is 0.764. The molecule has 136 valence electrons. The van der Waals surface area contributed by atoms with Gasteiger partial charge in [-0.2, -0.15) is 0 Å². The van der Waals surface area contributed by atoms with Crippen LogP contribution in [0.1, 0.15) is 41.0 Å². The lowest BCUT2D eigenvalue weighted by molar-refractivity contribution is -0.136. The molecule has 1 aliphatic rings. The minimum Gasteiger partial charge on any atom is -0.452 e. The maximum Gasteiger partial charge on any atom is 0.340 e. The molecule has 1 fully saturated rings. The van der Waals surface area contributed by atoms with Crippen LogP contribution in [0.5, 0.6) is 0 Å². The van der Waals surface area contributed by atoms with Gasteiger partial charge in [-0.05, 0) is 30.7 Å². The molecular formula is C21H22O5. The van der Waals surface area contributed by atoms with Crippen molar-refractivity contribution in [2.45, 2.75) is 38.8 Å². The van der Waals surface area contributed by atoms with Gasteiger partial charge in [0.1, 0.15) is 0 Å². The molecule has 0 aromatic heterocycles. The highest BCUT2D eigenvalue weighted by Crippen LogP contribution is 2.33. The van der Waals surface area contributed by atoms with Crippen LogP contribution in [0.2, 0.25) is 0 Å². The Morgan fingerprint density at radius 1 is 0.885 bits per heavy atom. The van der Waals surface area contributed by atoms with Crippen molar-refractivity contribution in [2.24, 2.45) is 5.92 Å². The van der Waals surface area contributed by atoms with Crippen molar-refractivity contribution in [1.29, 1.82) is 0 Å². The summed E-state index contributed by atoms with van der Waals surface area (Å²) in [5.74, 6) is -1.04. The van der Waals surface area contributed by atoms with Gasteiger partial charge < -0.3 is 14.2 Å². The lowest BCUT2D eigenvalue weighted by Crippen LogP contribution is -2.35. The van der Waals surface area contributed by atoms with Crippen LogP contribution in [0, 0.1) is 5.92 Å². The molecule has 5 nitrogen and oxygen atoms in total. The molecule has 2 aromatic carbocycles. The van der Waals surface area contributed by atoms with E-state index in [4.69, 9.17) is 14.2 Å². The summed E-state index contributed by atoms with van der Waals surface area (Å²) in [6.45, 7) is 3.92. The Bertz CT molecular complexity index is 744. The number of rotatable bonds is 5. The molecule has 0 amide bonds. The summed E-state index contributed by atoms with van der Waals surface area (Å²) >= 11 is 0. The van der Waals surface area contributed by atoms with Crippen LogP contribution in [-0.2, 0) is 14.2 Å². The van der Waals surface area contributed by atoms with Crippen LogP contribution in [-0.4, -0.2) is 30.4 Å². The maximum atomic E-state index is 12.4. The minimum atomic E-state index is -0.921. The second-order valence-corrected chi connectivity index (χ2v) is 6.32. The zero-order valence-corrected chi connectivity index (χ0v) is 14.8. The summed E-state index contributed by atoms with van der Waals surface area (Å²) in [4.78, 5) is 24.8. The Hall–Kier alpha value is -2.66. The zero-order chi connectivity index (χ0) is 18.5. The number of hydrogen-bond acceptors (Lipinski definition) is 5. The number of esters is 2. The minimum absolute atomic E-state index is 0.0822. The van der Waals surface area contributed by atoms with Crippen LogP contribution in [0.25, 0.3) is 0 Å². The zero-order valence-electron chi connectivity index (χ0n) is 14.8. The predicted octanol–water partition coefficient (Wildman–Crippen LogP) is 3.84. The molecule has 0 aliphatic carbocycles. The number of ether oxygens (including phenoxy) is 3. The average molecular weight is 354 g/mol. The van der Waals surface area contributed by atoms with Gasteiger partial charge in [0.25, 0.3) is 0 Å².